The van der Waals surface area contributed by atoms with Gasteiger partial charge in [-0.2, -0.15) is 0 Å². The zero-order chi connectivity index (χ0) is 46.8. The average molecular weight is 898 g/mol. The lowest BCUT2D eigenvalue weighted by molar-refractivity contribution is -0.137. The average Bonchev–Trinajstić information content (AvgIpc) is 3.92. The Hall–Kier alpha value is -5.35. The molecular formula is C48H67N9O6S. The van der Waals surface area contributed by atoms with Crippen LogP contribution in [-0.4, -0.2) is 97.8 Å². The smallest absolute Gasteiger partial charge is 0.243 e. The third kappa shape index (κ3) is 10.8. The van der Waals surface area contributed by atoms with E-state index >= 15 is 0 Å². The first-order chi connectivity index (χ1) is 30.0. The fraction of sp³-hybridized carbons (Fsp3) is 0.542. The maximum Gasteiger partial charge on any atom is 0.243 e. The van der Waals surface area contributed by atoms with E-state index in [1.54, 1.807) is 40.8 Å². The third-order valence-electron chi connectivity index (χ3n) is 12.4. The van der Waals surface area contributed by atoms with Crippen molar-refractivity contribution in [2.24, 2.45) is 23.2 Å². The number of fused-ring (bicyclic) bond motifs is 4. The Kier molecular flexibility index (Phi) is 14.6. The van der Waals surface area contributed by atoms with Gasteiger partial charge in [0.2, 0.25) is 35.4 Å². The van der Waals surface area contributed by atoms with Crippen molar-refractivity contribution in [3.8, 4) is 0 Å². The van der Waals surface area contributed by atoms with E-state index in [2.05, 4.69) is 47.2 Å². The van der Waals surface area contributed by atoms with Gasteiger partial charge in [0.25, 0.3) is 0 Å². The molecule has 2 aromatic carbocycles. The fourth-order valence-electron chi connectivity index (χ4n) is 8.66. The number of aromatic amines is 2. The van der Waals surface area contributed by atoms with E-state index in [4.69, 9.17) is 0 Å². The van der Waals surface area contributed by atoms with Gasteiger partial charge in [-0.25, -0.2) is 0 Å². The van der Waals surface area contributed by atoms with Crippen molar-refractivity contribution < 1.29 is 28.8 Å². The van der Waals surface area contributed by atoms with Crippen LogP contribution >= 0.6 is 11.8 Å². The number of hydrogen-bond acceptors (Lipinski definition) is 8. The predicted molar refractivity (Wildman–Crippen MR) is 252 cm³/mol. The number of thioether (sulfide) groups is 1. The lowest BCUT2D eigenvalue weighted by atomic mass is 9.85. The Balaban J connectivity index is 1.42. The summed E-state index contributed by atoms with van der Waals surface area (Å²) in [6.07, 6.45) is 3.84. The van der Waals surface area contributed by atoms with Gasteiger partial charge in [0.1, 0.15) is 36.3 Å². The first-order valence-corrected chi connectivity index (χ1v) is 23.3. The Bertz CT molecular complexity index is 2360. The molecule has 2 aliphatic rings. The molecule has 9 N–H and O–H groups in total. The number of carbonyl (C=O) groups excluding carboxylic acids is 6. The molecule has 6 rings (SSSR count). The van der Waals surface area contributed by atoms with Gasteiger partial charge in [-0.1, -0.05) is 98.7 Å². The molecule has 16 heteroatoms. The highest BCUT2D eigenvalue weighted by atomic mass is 32.2. The molecule has 64 heavy (non-hydrogen) atoms. The molecule has 15 nitrogen and oxygen atoms in total. The maximum atomic E-state index is 14.7. The van der Waals surface area contributed by atoms with Gasteiger partial charge < -0.3 is 41.9 Å². The second kappa shape index (κ2) is 19.4. The van der Waals surface area contributed by atoms with E-state index in [-0.39, 0.29) is 24.7 Å². The molecule has 4 aromatic rings. The molecule has 8 atom stereocenters. The van der Waals surface area contributed by atoms with Crippen LogP contribution in [-0.2, 0) is 41.6 Å². The number of rotatable bonds is 7. The van der Waals surface area contributed by atoms with Crippen molar-refractivity contribution in [2.75, 3.05) is 0 Å². The summed E-state index contributed by atoms with van der Waals surface area (Å²) >= 11 is 1.52. The van der Waals surface area contributed by atoms with Gasteiger partial charge >= 0.3 is 0 Å². The molecule has 2 fully saturated rings. The number of H-pyrrole nitrogens is 2. The number of hydrogen-bond donors (Lipinski definition) is 9. The van der Waals surface area contributed by atoms with Gasteiger partial charge in [0.15, 0.2) is 0 Å². The zero-order valence-corrected chi connectivity index (χ0v) is 39.7. The Morgan fingerprint density at radius 3 is 1.47 bits per heavy atom. The monoisotopic (exact) mass is 897 g/mol. The van der Waals surface area contributed by atoms with Crippen molar-refractivity contribution in [1.82, 2.24) is 47.2 Å². The van der Waals surface area contributed by atoms with Crippen LogP contribution in [0.3, 0.4) is 0 Å². The molecule has 1 unspecified atom stereocenters. The summed E-state index contributed by atoms with van der Waals surface area (Å²) in [5.74, 6) is -4.09. The van der Waals surface area contributed by atoms with Crippen molar-refractivity contribution in [3.05, 3.63) is 72.1 Å². The number of amides is 6. The molecule has 4 heterocycles. The van der Waals surface area contributed by atoms with E-state index in [0.717, 1.165) is 32.9 Å². The van der Waals surface area contributed by atoms with E-state index in [1.165, 1.54) is 11.8 Å². The topological polar surface area (TPSA) is 218 Å². The lowest BCUT2D eigenvalue weighted by Crippen LogP contribution is -2.63. The number of aromatic nitrogens is 2. The highest BCUT2D eigenvalue weighted by Gasteiger charge is 2.49. The Morgan fingerprint density at radius 2 is 1.02 bits per heavy atom. The largest absolute Gasteiger partial charge is 0.361 e. The fourth-order valence-corrected chi connectivity index (χ4v) is 10.4. The SMILES string of the molecule is CC(C)[C@@H]1NC(=O)[C@@H](Cc2c[nH]c3ccccc23)NC(=O)[C@H](C(C)C)NC(=O)[C@@H](C(C)(C)C)NC(=O)[C@H](Cc2c[nH]c3ccccc23)NC(=O)[C@@H](C(C)C)NC(=O)[C@H]2NC1SC2(C)C. The summed E-state index contributed by atoms with van der Waals surface area (Å²) in [5.41, 5.74) is 2.46. The molecule has 2 bridgehead atoms. The van der Waals surface area contributed by atoms with Crippen LogP contribution < -0.4 is 37.2 Å². The second-order valence-electron chi connectivity index (χ2n) is 20.0. The molecule has 2 saturated heterocycles. The standard InChI is InChI=1S/C48H67N9O6S/c1-24(2)35-42(60)51-33(20-27-22-49-31-18-14-12-16-29(27)31)40(58)55-37(26(5)6)46-57-39(48(10,11)64-46)45(63)54-36(25(3)4)43(61)52-34(21-28-23-50-32-19-15-13-17-30(28)32)41(59)56-38(44(62)53-35)47(7,8)9/h12-19,22-26,33-39,46,49-50,57H,20-21H2,1-11H3,(H,51,60)(H,52,61)(H,53,62)(H,54,63)(H,55,58)(H,56,59)/t33-,34+,35+,36-,37+,38+,39-,46?/m1/s1. The van der Waals surface area contributed by atoms with Crippen LogP contribution in [0, 0.1) is 23.2 Å². The van der Waals surface area contributed by atoms with Gasteiger partial charge in [-0.05, 0) is 60.3 Å². The van der Waals surface area contributed by atoms with E-state index in [0.29, 0.717) is 0 Å². The number of para-hydroxylation sites is 2. The van der Waals surface area contributed by atoms with Crippen LogP contribution in [0.1, 0.15) is 87.3 Å². The highest BCUT2D eigenvalue weighted by Crippen LogP contribution is 2.40. The molecule has 0 radical (unpaired) electrons. The van der Waals surface area contributed by atoms with Gasteiger partial charge in [-0.15, -0.1) is 11.8 Å². The molecule has 0 saturated carbocycles. The molecule has 6 amide bonds. The Labute approximate surface area is 380 Å². The minimum atomic E-state index is -1.17. The first kappa shape index (κ1) is 48.1. The Morgan fingerprint density at radius 1 is 0.562 bits per heavy atom. The van der Waals surface area contributed by atoms with Gasteiger partial charge in [0, 0.05) is 51.8 Å². The molecule has 2 aliphatic heterocycles. The normalized spacial score (nSPS) is 26.9. The van der Waals surface area contributed by atoms with Crippen LogP contribution in [0.4, 0.5) is 0 Å². The summed E-state index contributed by atoms with van der Waals surface area (Å²) in [7, 11) is 0. The number of carbonyl (C=O) groups is 6. The first-order valence-electron chi connectivity index (χ1n) is 22.4. The van der Waals surface area contributed by atoms with E-state index in [9.17, 15) is 28.8 Å². The predicted octanol–water partition coefficient (Wildman–Crippen LogP) is 4.18. The quantitative estimate of drug-likeness (QED) is 0.131. The highest BCUT2D eigenvalue weighted by molar-refractivity contribution is 8.01. The van der Waals surface area contributed by atoms with Crippen molar-refractivity contribution in [3.63, 3.8) is 0 Å². The lowest BCUT2D eigenvalue weighted by Gasteiger charge is -2.34. The summed E-state index contributed by atoms with van der Waals surface area (Å²) in [5, 5.41) is 22.9. The van der Waals surface area contributed by atoms with E-state index in [1.807, 2.05) is 96.3 Å². The van der Waals surface area contributed by atoms with Gasteiger partial charge in [-0.3, -0.25) is 34.1 Å². The summed E-state index contributed by atoms with van der Waals surface area (Å²) in [6.45, 7) is 20.5. The maximum absolute atomic E-state index is 14.7. The summed E-state index contributed by atoms with van der Waals surface area (Å²) in [4.78, 5) is 93.5. The minimum absolute atomic E-state index is 0.0703. The number of nitrogens with one attached hydrogen (secondary N) is 9. The van der Waals surface area contributed by atoms with Crippen molar-refractivity contribution >= 4 is 69.0 Å². The van der Waals surface area contributed by atoms with Crippen LogP contribution in [0.5, 0.6) is 0 Å². The molecule has 0 aliphatic carbocycles. The number of benzene rings is 2. The van der Waals surface area contributed by atoms with Gasteiger partial charge in [0.05, 0.1) is 11.4 Å². The zero-order valence-electron chi connectivity index (χ0n) is 38.9. The molecular weight excluding hydrogens is 831 g/mol. The summed E-state index contributed by atoms with van der Waals surface area (Å²) in [6, 6.07) is 8.56. The molecule has 2 aromatic heterocycles. The van der Waals surface area contributed by atoms with Crippen LogP contribution in [0.15, 0.2) is 60.9 Å². The molecule has 346 valence electrons. The van der Waals surface area contributed by atoms with Crippen LogP contribution in [0.2, 0.25) is 0 Å². The van der Waals surface area contributed by atoms with Crippen molar-refractivity contribution in [1.29, 1.82) is 0 Å². The molecule has 0 spiro atoms. The minimum Gasteiger partial charge on any atom is -0.361 e. The van der Waals surface area contributed by atoms with Crippen molar-refractivity contribution in [2.45, 2.75) is 141 Å². The van der Waals surface area contributed by atoms with Crippen LogP contribution in [0.25, 0.3) is 21.8 Å². The van der Waals surface area contributed by atoms with E-state index < -0.39 is 99.2 Å². The second-order valence-corrected chi connectivity index (χ2v) is 21.8. The summed E-state index contributed by atoms with van der Waals surface area (Å²) < 4.78 is -0.679. The third-order valence-corrected chi connectivity index (χ3v) is 14.0.